The van der Waals surface area contributed by atoms with Gasteiger partial charge in [-0.25, -0.2) is 0 Å². The summed E-state index contributed by atoms with van der Waals surface area (Å²) in [7, 11) is 0. The van der Waals surface area contributed by atoms with Crippen molar-refractivity contribution < 1.29 is 9.53 Å². The summed E-state index contributed by atoms with van der Waals surface area (Å²) in [6, 6.07) is 0. The lowest BCUT2D eigenvalue weighted by atomic mass is 9.93. The number of ether oxygens (including phenoxy) is 1. The number of alkyl halides is 4. The van der Waals surface area contributed by atoms with E-state index in [1.54, 1.807) is 6.92 Å². The van der Waals surface area contributed by atoms with E-state index in [-0.39, 0.29) is 12.3 Å². The molecule has 0 heterocycles. The van der Waals surface area contributed by atoms with Crippen LogP contribution in [0.1, 0.15) is 27.2 Å². The van der Waals surface area contributed by atoms with Gasteiger partial charge in [0.25, 0.3) is 0 Å². The highest BCUT2D eigenvalue weighted by molar-refractivity contribution is 9.10. The van der Waals surface area contributed by atoms with Gasteiger partial charge in [-0.2, -0.15) is 0 Å². The van der Waals surface area contributed by atoms with Gasteiger partial charge in [0.1, 0.15) is 4.32 Å². The summed E-state index contributed by atoms with van der Waals surface area (Å²) in [5, 5.41) is 0. The Labute approximate surface area is 114 Å². The monoisotopic (exact) mass is 338 g/mol. The Morgan fingerprint density at radius 1 is 1.40 bits per heavy atom. The Morgan fingerprint density at radius 2 is 1.87 bits per heavy atom. The zero-order valence-electron chi connectivity index (χ0n) is 8.82. The van der Waals surface area contributed by atoms with Crippen LogP contribution in [0, 0.1) is 5.92 Å². The molecular formula is C9H14BrCl3O2. The topological polar surface area (TPSA) is 26.3 Å². The highest BCUT2D eigenvalue weighted by Crippen LogP contribution is 2.43. The van der Waals surface area contributed by atoms with Gasteiger partial charge in [0.2, 0.25) is 0 Å². The van der Waals surface area contributed by atoms with Gasteiger partial charge in [-0.05, 0) is 12.8 Å². The van der Waals surface area contributed by atoms with Crippen molar-refractivity contribution in [1.82, 2.24) is 0 Å². The summed E-state index contributed by atoms with van der Waals surface area (Å²) in [5.41, 5.74) is 0. The van der Waals surface area contributed by atoms with Gasteiger partial charge in [-0.3, -0.25) is 4.79 Å². The first-order valence-electron chi connectivity index (χ1n) is 4.56. The highest BCUT2D eigenvalue weighted by atomic mass is 79.9. The van der Waals surface area contributed by atoms with Crippen LogP contribution in [0.25, 0.3) is 0 Å². The van der Waals surface area contributed by atoms with Crippen molar-refractivity contribution >= 4 is 56.7 Å². The Balaban J connectivity index is 4.82. The zero-order chi connectivity index (χ0) is 12.3. The van der Waals surface area contributed by atoms with E-state index in [0.29, 0.717) is 6.61 Å². The van der Waals surface area contributed by atoms with Crippen LogP contribution in [0.3, 0.4) is 0 Å². The fraction of sp³-hybridized carbons (Fsp3) is 0.889. The highest BCUT2D eigenvalue weighted by Gasteiger charge is 2.46. The lowest BCUT2D eigenvalue weighted by Crippen LogP contribution is -2.42. The Morgan fingerprint density at radius 3 is 2.13 bits per heavy atom. The third kappa shape index (κ3) is 5.12. The molecule has 1 atom stereocenters. The molecule has 0 aliphatic heterocycles. The van der Waals surface area contributed by atoms with E-state index >= 15 is 0 Å². The maximum atomic E-state index is 11.7. The average Bonchev–Trinajstić information content (AvgIpc) is 2.01. The van der Waals surface area contributed by atoms with Crippen molar-refractivity contribution in [2.75, 3.05) is 6.61 Å². The van der Waals surface area contributed by atoms with E-state index in [2.05, 4.69) is 15.9 Å². The first-order chi connectivity index (χ1) is 6.63. The van der Waals surface area contributed by atoms with Crippen LogP contribution < -0.4 is 0 Å². The van der Waals surface area contributed by atoms with Gasteiger partial charge in [0.05, 0.1) is 6.61 Å². The maximum absolute atomic E-state index is 11.7. The number of hydrogen-bond acceptors (Lipinski definition) is 2. The average molecular weight is 340 g/mol. The normalized spacial score (nSPS) is 16.3. The molecule has 0 aliphatic rings. The Kier molecular flexibility index (Phi) is 6.27. The van der Waals surface area contributed by atoms with Gasteiger partial charge in [-0.15, -0.1) is 0 Å². The first kappa shape index (κ1) is 15.8. The molecule has 0 aromatic carbocycles. The Hall–Kier alpha value is 0.820. The van der Waals surface area contributed by atoms with E-state index in [1.807, 2.05) is 13.8 Å². The summed E-state index contributed by atoms with van der Waals surface area (Å²) in [6.45, 7) is 5.77. The van der Waals surface area contributed by atoms with E-state index in [1.165, 1.54) is 0 Å². The van der Waals surface area contributed by atoms with E-state index in [4.69, 9.17) is 39.5 Å². The molecule has 0 amide bonds. The molecule has 2 nitrogen and oxygen atoms in total. The van der Waals surface area contributed by atoms with Gasteiger partial charge in [0.15, 0.2) is 3.79 Å². The number of esters is 1. The van der Waals surface area contributed by atoms with Gasteiger partial charge in [0, 0.05) is 6.42 Å². The minimum absolute atomic E-state index is 0.0350. The van der Waals surface area contributed by atoms with Crippen LogP contribution in [0.15, 0.2) is 0 Å². The molecule has 0 aliphatic carbocycles. The summed E-state index contributed by atoms with van der Waals surface area (Å²) in [6.07, 6.45) is 0.0706. The standard InChI is InChI=1S/C9H14BrCl3O2/c1-4-15-7(14)8(10,6(2)3)5-9(11,12)13/h6H,4-5H2,1-3H3. The SMILES string of the molecule is CCOC(=O)C(Br)(CC(Cl)(Cl)Cl)C(C)C. The molecule has 6 heteroatoms. The van der Waals surface area contributed by atoms with E-state index in [9.17, 15) is 4.79 Å². The van der Waals surface area contributed by atoms with Crippen molar-refractivity contribution in [3.63, 3.8) is 0 Å². The largest absolute Gasteiger partial charge is 0.465 e. The Bertz CT molecular complexity index is 228. The molecule has 90 valence electrons. The van der Waals surface area contributed by atoms with Gasteiger partial charge < -0.3 is 4.74 Å². The number of carbonyl (C=O) groups is 1. The molecule has 0 spiro atoms. The molecule has 0 aromatic rings. The minimum atomic E-state index is -1.49. The van der Waals surface area contributed by atoms with Crippen LogP contribution in [0.4, 0.5) is 0 Å². The molecule has 0 saturated carbocycles. The van der Waals surface area contributed by atoms with Crippen LogP contribution in [0.2, 0.25) is 0 Å². The molecule has 0 radical (unpaired) electrons. The second kappa shape index (κ2) is 5.95. The molecule has 0 N–H and O–H groups in total. The zero-order valence-corrected chi connectivity index (χ0v) is 12.7. The molecule has 0 saturated heterocycles. The van der Waals surface area contributed by atoms with Gasteiger partial charge in [-0.1, -0.05) is 64.6 Å². The van der Waals surface area contributed by atoms with Crippen molar-refractivity contribution in [2.45, 2.75) is 35.3 Å². The summed E-state index contributed by atoms with van der Waals surface area (Å²) in [5.74, 6) is -0.432. The third-order valence-electron chi connectivity index (χ3n) is 1.99. The first-order valence-corrected chi connectivity index (χ1v) is 6.49. The summed E-state index contributed by atoms with van der Waals surface area (Å²) < 4.78 is 2.52. The molecule has 0 aromatic heterocycles. The van der Waals surface area contributed by atoms with Crippen molar-refractivity contribution in [3.8, 4) is 0 Å². The number of carbonyl (C=O) groups excluding carboxylic acids is 1. The predicted molar refractivity (Wildman–Crippen MR) is 68.0 cm³/mol. The number of halogens is 4. The second-order valence-corrected chi connectivity index (χ2v) is 7.46. The van der Waals surface area contributed by atoms with E-state index < -0.39 is 14.1 Å². The predicted octanol–water partition coefficient (Wildman–Crippen LogP) is 4.10. The third-order valence-corrected chi connectivity index (χ3v) is 3.91. The quantitative estimate of drug-likeness (QED) is 0.569. The van der Waals surface area contributed by atoms with Crippen molar-refractivity contribution in [2.24, 2.45) is 5.92 Å². The molecule has 1 unspecified atom stereocenters. The van der Waals surface area contributed by atoms with Crippen LogP contribution in [0.5, 0.6) is 0 Å². The van der Waals surface area contributed by atoms with Crippen LogP contribution in [-0.4, -0.2) is 20.7 Å². The van der Waals surface area contributed by atoms with Crippen LogP contribution >= 0.6 is 50.7 Å². The lowest BCUT2D eigenvalue weighted by Gasteiger charge is -2.31. The van der Waals surface area contributed by atoms with Crippen molar-refractivity contribution in [1.29, 1.82) is 0 Å². The molecule has 0 rings (SSSR count). The second-order valence-electron chi connectivity index (χ2n) is 3.53. The molecule has 0 fully saturated rings. The summed E-state index contributed by atoms with van der Waals surface area (Å²) >= 11 is 20.4. The van der Waals surface area contributed by atoms with Crippen molar-refractivity contribution in [3.05, 3.63) is 0 Å². The molecule has 0 bridgehead atoms. The summed E-state index contributed by atoms with van der Waals surface area (Å²) in [4.78, 5) is 11.7. The fourth-order valence-electron chi connectivity index (χ4n) is 1.05. The minimum Gasteiger partial charge on any atom is -0.465 e. The smallest absolute Gasteiger partial charge is 0.323 e. The van der Waals surface area contributed by atoms with Crippen LogP contribution in [-0.2, 0) is 9.53 Å². The number of rotatable bonds is 4. The van der Waals surface area contributed by atoms with Gasteiger partial charge >= 0.3 is 5.97 Å². The maximum Gasteiger partial charge on any atom is 0.323 e. The lowest BCUT2D eigenvalue weighted by molar-refractivity contribution is -0.147. The fourth-order valence-corrected chi connectivity index (χ4v) is 2.71. The molecular weight excluding hydrogens is 326 g/mol. The molecule has 15 heavy (non-hydrogen) atoms. The number of hydrogen-bond donors (Lipinski definition) is 0. The van der Waals surface area contributed by atoms with E-state index in [0.717, 1.165) is 0 Å².